The van der Waals surface area contributed by atoms with Crippen molar-refractivity contribution in [3.05, 3.63) is 94.5 Å². The van der Waals surface area contributed by atoms with Crippen molar-refractivity contribution in [1.82, 2.24) is 0 Å². The van der Waals surface area contributed by atoms with Crippen molar-refractivity contribution in [2.45, 2.75) is 31.4 Å². The van der Waals surface area contributed by atoms with Gasteiger partial charge in [-0.2, -0.15) is 13.2 Å². The summed E-state index contributed by atoms with van der Waals surface area (Å²) >= 11 is 0. The van der Waals surface area contributed by atoms with Gasteiger partial charge in [0.15, 0.2) is 0 Å². The lowest BCUT2D eigenvalue weighted by molar-refractivity contribution is -0.137. The SMILES string of the molecule is NCCC1(COCc2cc(-c3ccccc3C(N)=O)cc(C(F)(F)F)c2)OCc2ccccc21. The minimum absolute atomic E-state index is 0.0759. The first kappa shape index (κ1) is 23.9. The maximum absolute atomic E-state index is 13.7. The highest BCUT2D eigenvalue weighted by atomic mass is 19.4. The van der Waals surface area contributed by atoms with E-state index in [2.05, 4.69) is 0 Å². The van der Waals surface area contributed by atoms with E-state index in [1.165, 1.54) is 6.07 Å². The Balaban J connectivity index is 1.63. The van der Waals surface area contributed by atoms with Crippen LogP contribution in [0.1, 0.15) is 39.0 Å². The molecule has 0 radical (unpaired) electrons. The summed E-state index contributed by atoms with van der Waals surface area (Å²) in [4.78, 5) is 11.8. The highest BCUT2D eigenvalue weighted by Crippen LogP contribution is 2.40. The number of rotatable bonds is 8. The summed E-state index contributed by atoms with van der Waals surface area (Å²) < 4.78 is 52.9. The van der Waals surface area contributed by atoms with Crippen LogP contribution < -0.4 is 11.5 Å². The highest BCUT2D eigenvalue weighted by molar-refractivity contribution is 5.99. The van der Waals surface area contributed by atoms with Crippen LogP contribution in [0, 0.1) is 0 Å². The van der Waals surface area contributed by atoms with E-state index in [-0.39, 0.29) is 24.3 Å². The Labute approximate surface area is 195 Å². The third-order valence-electron chi connectivity index (χ3n) is 5.99. The predicted octanol–water partition coefficient (Wildman–Crippen LogP) is 4.76. The largest absolute Gasteiger partial charge is 0.416 e. The molecule has 34 heavy (non-hydrogen) atoms. The van der Waals surface area contributed by atoms with Crippen LogP contribution in [-0.2, 0) is 34.5 Å². The molecule has 0 bridgehead atoms. The molecule has 0 aliphatic carbocycles. The van der Waals surface area contributed by atoms with Crippen molar-refractivity contribution < 1.29 is 27.4 Å². The summed E-state index contributed by atoms with van der Waals surface area (Å²) in [7, 11) is 0. The van der Waals surface area contributed by atoms with E-state index in [1.54, 1.807) is 24.3 Å². The van der Waals surface area contributed by atoms with Gasteiger partial charge in [0.2, 0.25) is 5.91 Å². The molecular weight excluding hydrogens is 445 g/mol. The summed E-state index contributed by atoms with van der Waals surface area (Å²) in [6.45, 7) is 0.866. The number of nitrogens with two attached hydrogens (primary N) is 2. The molecule has 1 amide bonds. The van der Waals surface area contributed by atoms with E-state index in [1.807, 2.05) is 24.3 Å². The quantitative estimate of drug-likeness (QED) is 0.497. The van der Waals surface area contributed by atoms with E-state index in [0.29, 0.717) is 30.7 Å². The average Bonchev–Trinajstić information content (AvgIpc) is 3.17. The first-order valence-electron chi connectivity index (χ1n) is 10.8. The Morgan fingerprint density at radius 2 is 1.79 bits per heavy atom. The summed E-state index contributed by atoms with van der Waals surface area (Å²) in [6.07, 6.45) is -4.05. The Morgan fingerprint density at radius 1 is 1.06 bits per heavy atom. The summed E-state index contributed by atoms with van der Waals surface area (Å²) in [5.41, 5.74) is 12.7. The average molecular weight is 470 g/mol. The lowest BCUT2D eigenvalue weighted by atomic mass is 9.90. The first-order chi connectivity index (χ1) is 16.2. The molecule has 0 fully saturated rings. The number of hydrogen-bond donors (Lipinski definition) is 2. The fraction of sp³-hybridized carbons (Fsp3) is 0.269. The number of hydrogen-bond acceptors (Lipinski definition) is 4. The summed E-state index contributed by atoms with van der Waals surface area (Å²) in [5, 5.41) is 0. The molecule has 1 atom stereocenters. The molecule has 178 valence electrons. The molecule has 5 nitrogen and oxygen atoms in total. The zero-order valence-electron chi connectivity index (χ0n) is 18.4. The van der Waals surface area contributed by atoms with E-state index in [0.717, 1.165) is 23.3 Å². The van der Waals surface area contributed by atoms with Crippen molar-refractivity contribution in [3.8, 4) is 11.1 Å². The van der Waals surface area contributed by atoms with E-state index in [9.17, 15) is 18.0 Å². The summed E-state index contributed by atoms with van der Waals surface area (Å²) in [6, 6.07) is 17.7. The third kappa shape index (κ3) is 4.84. The Bertz CT molecular complexity index is 1190. The molecule has 3 aromatic carbocycles. The van der Waals surface area contributed by atoms with Gasteiger partial charge in [0, 0.05) is 5.56 Å². The van der Waals surface area contributed by atoms with Crippen molar-refractivity contribution in [2.24, 2.45) is 11.5 Å². The molecule has 0 saturated carbocycles. The molecule has 8 heteroatoms. The lowest BCUT2D eigenvalue weighted by Crippen LogP contribution is -2.34. The van der Waals surface area contributed by atoms with Crippen molar-refractivity contribution in [1.29, 1.82) is 0 Å². The first-order valence-corrected chi connectivity index (χ1v) is 10.8. The molecule has 1 aliphatic heterocycles. The molecule has 0 aromatic heterocycles. The minimum Gasteiger partial charge on any atom is -0.373 e. The number of amides is 1. The van der Waals surface area contributed by atoms with Gasteiger partial charge >= 0.3 is 6.18 Å². The van der Waals surface area contributed by atoms with E-state index < -0.39 is 23.2 Å². The third-order valence-corrected chi connectivity index (χ3v) is 5.99. The van der Waals surface area contributed by atoms with Crippen LogP contribution in [-0.4, -0.2) is 19.1 Å². The molecule has 0 spiro atoms. The van der Waals surface area contributed by atoms with Gasteiger partial charge in [0.05, 0.1) is 25.4 Å². The van der Waals surface area contributed by atoms with E-state index in [4.69, 9.17) is 20.9 Å². The lowest BCUT2D eigenvalue weighted by Gasteiger charge is -2.29. The van der Waals surface area contributed by atoms with Crippen LogP contribution in [0.4, 0.5) is 13.2 Å². The second-order valence-corrected chi connectivity index (χ2v) is 8.30. The number of carbonyl (C=O) groups excluding carboxylic acids is 1. The van der Waals surface area contributed by atoms with Crippen LogP contribution in [0.15, 0.2) is 66.7 Å². The monoisotopic (exact) mass is 470 g/mol. The Kier molecular flexibility index (Phi) is 6.74. The van der Waals surface area contributed by atoms with Crippen LogP contribution in [0.3, 0.4) is 0 Å². The molecule has 1 aliphatic rings. The van der Waals surface area contributed by atoms with Gasteiger partial charge in [-0.3, -0.25) is 4.79 Å². The number of ether oxygens (including phenoxy) is 2. The zero-order valence-corrected chi connectivity index (χ0v) is 18.4. The fourth-order valence-electron chi connectivity index (χ4n) is 4.39. The van der Waals surface area contributed by atoms with Gasteiger partial charge in [0.1, 0.15) is 5.60 Å². The number of primary amides is 1. The number of carbonyl (C=O) groups is 1. The second-order valence-electron chi connectivity index (χ2n) is 8.30. The van der Waals surface area contributed by atoms with Gasteiger partial charge in [0.25, 0.3) is 0 Å². The molecule has 3 aromatic rings. The van der Waals surface area contributed by atoms with Crippen LogP contribution in [0.2, 0.25) is 0 Å². The molecule has 1 heterocycles. The topological polar surface area (TPSA) is 87.6 Å². The summed E-state index contributed by atoms with van der Waals surface area (Å²) in [5.74, 6) is -0.716. The van der Waals surface area contributed by atoms with Gasteiger partial charge in [-0.25, -0.2) is 0 Å². The smallest absolute Gasteiger partial charge is 0.373 e. The molecule has 1 unspecified atom stereocenters. The van der Waals surface area contributed by atoms with Crippen LogP contribution >= 0.6 is 0 Å². The minimum atomic E-state index is -4.57. The van der Waals surface area contributed by atoms with Gasteiger partial charge < -0.3 is 20.9 Å². The van der Waals surface area contributed by atoms with E-state index >= 15 is 0 Å². The highest BCUT2D eigenvalue weighted by Gasteiger charge is 2.39. The Morgan fingerprint density at radius 3 is 2.53 bits per heavy atom. The van der Waals surface area contributed by atoms with Gasteiger partial charge in [-0.1, -0.05) is 42.5 Å². The van der Waals surface area contributed by atoms with Crippen molar-refractivity contribution >= 4 is 5.91 Å². The predicted molar refractivity (Wildman–Crippen MR) is 122 cm³/mol. The number of fused-ring (bicyclic) bond motifs is 1. The fourth-order valence-corrected chi connectivity index (χ4v) is 4.39. The van der Waals surface area contributed by atoms with Gasteiger partial charge in [-0.05, 0) is 65.0 Å². The van der Waals surface area contributed by atoms with Crippen LogP contribution in [0.25, 0.3) is 11.1 Å². The van der Waals surface area contributed by atoms with Gasteiger partial charge in [-0.15, -0.1) is 0 Å². The van der Waals surface area contributed by atoms with Crippen LogP contribution in [0.5, 0.6) is 0 Å². The number of halogens is 3. The van der Waals surface area contributed by atoms with Crippen molar-refractivity contribution in [3.63, 3.8) is 0 Å². The maximum atomic E-state index is 13.7. The zero-order chi connectivity index (χ0) is 24.3. The second kappa shape index (κ2) is 9.58. The molecule has 0 saturated heterocycles. The standard InChI is InChI=1S/C26H25F3N2O3/c27-26(28,29)20-12-17(11-19(13-20)21-6-2-3-7-22(21)24(31)32)14-33-16-25(9-10-30)23-8-4-1-5-18(23)15-34-25/h1-8,11-13H,9-10,14-16,30H2,(H2,31,32). The molecule has 4 N–H and O–H groups in total. The number of benzene rings is 3. The molecular formula is C26H25F3N2O3. The molecule has 4 rings (SSSR count). The normalized spacial score (nSPS) is 17.5. The number of alkyl halides is 3. The van der Waals surface area contributed by atoms with Crippen molar-refractivity contribution in [2.75, 3.05) is 13.2 Å². The Hall–Kier alpha value is -3.20. The maximum Gasteiger partial charge on any atom is 0.416 e.